The third-order valence-electron chi connectivity index (χ3n) is 5.19. The quantitative estimate of drug-likeness (QED) is 0.699. The Morgan fingerprint density at radius 2 is 1.93 bits per heavy atom. The fourth-order valence-electron chi connectivity index (χ4n) is 3.66. The second kappa shape index (κ2) is 7.30. The molecule has 3 heterocycles. The molecule has 3 aromatic rings. The van der Waals surface area contributed by atoms with Gasteiger partial charge in [-0.2, -0.15) is 10.2 Å². The fourth-order valence-corrected chi connectivity index (χ4v) is 3.66. The van der Waals surface area contributed by atoms with Crippen LogP contribution in [0.5, 0.6) is 0 Å². The summed E-state index contributed by atoms with van der Waals surface area (Å²) in [7, 11) is 1.73. The number of nitrogen functional groups attached to an aromatic ring is 1. The van der Waals surface area contributed by atoms with Gasteiger partial charge in [0.1, 0.15) is 11.5 Å². The summed E-state index contributed by atoms with van der Waals surface area (Å²) in [4.78, 5) is 27.6. The predicted molar refractivity (Wildman–Crippen MR) is 104 cm³/mol. The van der Waals surface area contributed by atoms with E-state index in [0.29, 0.717) is 30.2 Å². The van der Waals surface area contributed by atoms with Gasteiger partial charge in [0, 0.05) is 32.3 Å². The van der Waals surface area contributed by atoms with Gasteiger partial charge in [-0.25, -0.2) is 4.68 Å². The maximum Gasteiger partial charge on any atom is 0.272 e. The predicted octanol–water partition coefficient (Wildman–Crippen LogP) is 1.92. The molecule has 8 nitrogen and oxygen atoms in total. The Morgan fingerprint density at radius 3 is 2.64 bits per heavy atom. The van der Waals surface area contributed by atoms with Crippen LogP contribution < -0.4 is 5.73 Å². The highest BCUT2D eigenvalue weighted by Crippen LogP contribution is 2.26. The first-order valence-electron chi connectivity index (χ1n) is 9.26. The van der Waals surface area contributed by atoms with Crippen LogP contribution in [0.1, 0.15) is 33.7 Å². The molecule has 144 valence electrons. The molecule has 0 saturated carbocycles. The molecule has 2 N–H and O–H groups in total. The molecule has 1 aliphatic rings. The zero-order chi connectivity index (χ0) is 19.7. The van der Waals surface area contributed by atoms with Gasteiger partial charge in [0.15, 0.2) is 5.78 Å². The average Bonchev–Trinajstić information content (AvgIpc) is 3.33. The number of para-hydroxylation sites is 1. The van der Waals surface area contributed by atoms with Gasteiger partial charge in [-0.15, -0.1) is 0 Å². The molecule has 1 fully saturated rings. The maximum atomic E-state index is 13.1. The van der Waals surface area contributed by atoms with Crippen LogP contribution in [0.25, 0.3) is 5.69 Å². The minimum absolute atomic E-state index is 0.0674. The zero-order valence-corrected chi connectivity index (χ0v) is 15.7. The van der Waals surface area contributed by atoms with E-state index in [1.165, 1.54) is 6.20 Å². The molecule has 1 amide bonds. The monoisotopic (exact) mass is 378 g/mol. The van der Waals surface area contributed by atoms with Crippen molar-refractivity contribution in [3.63, 3.8) is 0 Å². The van der Waals surface area contributed by atoms with Crippen molar-refractivity contribution in [2.75, 3.05) is 18.8 Å². The Balaban J connectivity index is 1.53. The molecule has 1 saturated heterocycles. The first-order chi connectivity index (χ1) is 13.6. The van der Waals surface area contributed by atoms with Gasteiger partial charge in [0.2, 0.25) is 0 Å². The molecule has 1 aromatic carbocycles. The summed E-state index contributed by atoms with van der Waals surface area (Å²) in [5, 5.41) is 8.34. The van der Waals surface area contributed by atoms with Crippen LogP contribution in [-0.4, -0.2) is 49.2 Å². The van der Waals surface area contributed by atoms with Crippen LogP contribution in [-0.2, 0) is 7.05 Å². The van der Waals surface area contributed by atoms with E-state index in [9.17, 15) is 9.59 Å². The summed E-state index contributed by atoms with van der Waals surface area (Å²) in [6.07, 6.45) is 4.61. The number of aryl methyl sites for hydroxylation is 1. The van der Waals surface area contributed by atoms with Gasteiger partial charge in [-0.05, 0) is 31.0 Å². The molecular formula is C20H22N6O2. The van der Waals surface area contributed by atoms with Crippen molar-refractivity contribution in [1.29, 1.82) is 0 Å². The Morgan fingerprint density at radius 1 is 1.14 bits per heavy atom. The van der Waals surface area contributed by atoms with E-state index < -0.39 is 0 Å². The van der Waals surface area contributed by atoms with Crippen molar-refractivity contribution in [3.8, 4) is 5.69 Å². The van der Waals surface area contributed by atoms with E-state index in [4.69, 9.17) is 5.73 Å². The number of hydrogen-bond acceptors (Lipinski definition) is 5. The highest BCUT2D eigenvalue weighted by Gasteiger charge is 2.32. The molecule has 8 heteroatoms. The van der Waals surface area contributed by atoms with Crippen molar-refractivity contribution in [3.05, 3.63) is 60.0 Å². The smallest absolute Gasteiger partial charge is 0.272 e. The fraction of sp³-hybridized carbons (Fsp3) is 0.300. The highest BCUT2D eigenvalue weighted by molar-refractivity contribution is 6.02. The number of aromatic nitrogens is 4. The molecule has 0 aliphatic carbocycles. The number of anilines is 1. The van der Waals surface area contributed by atoms with Crippen LogP contribution in [0.3, 0.4) is 0 Å². The standard InChI is InChI=1S/C20H22N6O2/c1-24-17(9-10-22-24)20(28)25-11-5-6-14(13-25)18(27)16-12-23-26(19(16)21)15-7-3-2-4-8-15/h2-4,7-10,12,14H,5-6,11,13,21H2,1H3. The van der Waals surface area contributed by atoms with Gasteiger partial charge in [0.25, 0.3) is 5.91 Å². The van der Waals surface area contributed by atoms with E-state index >= 15 is 0 Å². The third kappa shape index (κ3) is 3.17. The van der Waals surface area contributed by atoms with Crippen LogP contribution in [0, 0.1) is 5.92 Å². The number of piperidine rings is 1. The number of nitrogens with zero attached hydrogens (tertiary/aromatic N) is 5. The number of carbonyl (C=O) groups is 2. The van der Waals surface area contributed by atoms with Gasteiger partial charge in [-0.1, -0.05) is 18.2 Å². The number of rotatable bonds is 4. The normalized spacial score (nSPS) is 16.9. The van der Waals surface area contributed by atoms with Gasteiger partial charge in [0.05, 0.1) is 17.4 Å². The van der Waals surface area contributed by atoms with E-state index in [1.54, 1.807) is 33.6 Å². The van der Waals surface area contributed by atoms with Crippen LogP contribution in [0.15, 0.2) is 48.8 Å². The first kappa shape index (κ1) is 18.0. The SMILES string of the molecule is Cn1nccc1C(=O)N1CCCC(C(=O)c2cnn(-c3ccccc3)c2N)C1. The Bertz CT molecular complexity index is 1010. The maximum absolute atomic E-state index is 13.1. The zero-order valence-electron chi connectivity index (χ0n) is 15.7. The van der Waals surface area contributed by atoms with Crippen LogP contribution in [0.2, 0.25) is 0 Å². The molecule has 1 unspecified atom stereocenters. The van der Waals surface area contributed by atoms with Crippen molar-refractivity contribution >= 4 is 17.5 Å². The van der Waals surface area contributed by atoms with Gasteiger partial charge >= 0.3 is 0 Å². The van der Waals surface area contributed by atoms with E-state index in [0.717, 1.165) is 18.5 Å². The van der Waals surface area contributed by atoms with Crippen molar-refractivity contribution in [2.45, 2.75) is 12.8 Å². The van der Waals surface area contributed by atoms with E-state index in [-0.39, 0.29) is 17.6 Å². The Kier molecular flexibility index (Phi) is 4.68. The van der Waals surface area contributed by atoms with E-state index in [2.05, 4.69) is 10.2 Å². The lowest BCUT2D eigenvalue weighted by Gasteiger charge is -2.31. The summed E-state index contributed by atoms with van der Waals surface area (Å²) in [6.45, 7) is 1.01. The van der Waals surface area contributed by atoms with Gasteiger partial charge < -0.3 is 10.6 Å². The summed E-state index contributed by atoms with van der Waals surface area (Å²) in [5.41, 5.74) is 7.95. The lowest BCUT2D eigenvalue weighted by molar-refractivity contribution is 0.0628. The Labute approximate surface area is 162 Å². The summed E-state index contributed by atoms with van der Waals surface area (Å²) in [6, 6.07) is 11.1. The minimum atomic E-state index is -0.290. The topological polar surface area (TPSA) is 99.0 Å². The summed E-state index contributed by atoms with van der Waals surface area (Å²) in [5.74, 6) is -0.138. The molecule has 1 atom stereocenters. The van der Waals surface area contributed by atoms with Crippen molar-refractivity contribution < 1.29 is 9.59 Å². The second-order valence-electron chi connectivity index (χ2n) is 6.99. The largest absolute Gasteiger partial charge is 0.383 e. The number of carbonyl (C=O) groups excluding carboxylic acids is 2. The molecule has 0 spiro atoms. The summed E-state index contributed by atoms with van der Waals surface area (Å²) < 4.78 is 3.12. The number of Topliss-reactive ketones (excluding diaryl/α,β-unsaturated/α-hetero) is 1. The number of nitrogens with two attached hydrogens (primary N) is 1. The summed E-state index contributed by atoms with van der Waals surface area (Å²) >= 11 is 0. The molecule has 4 rings (SSSR count). The molecule has 2 aromatic heterocycles. The first-order valence-corrected chi connectivity index (χ1v) is 9.26. The number of hydrogen-bond donors (Lipinski definition) is 1. The molecule has 0 radical (unpaired) electrons. The van der Waals surface area contributed by atoms with Crippen molar-refractivity contribution in [2.24, 2.45) is 13.0 Å². The average molecular weight is 378 g/mol. The lowest BCUT2D eigenvalue weighted by Crippen LogP contribution is -2.43. The van der Waals surface area contributed by atoms with Gasteiger partial charge in [-0.3, -0.25) is 14.3 Å². The lowest BCUT2D eigenvalue weighted by atomic mass is 9.90. The minimum Gasteiger partial charge on any atom is -0.383 e. The third-order valence-corrected chi connectivity index (χ3v) is 5.19. The number of ketones is 1. The second-order valence-corrected chi connectivity index (χ2v) is 6.99. The van der Waals surface area contributed by atoms with Crippen LogP contribution >= 0.6 is 0 Å². The molecular weight excluding hydrogens is 356 g/mol. The molecule has 28 heavy (non-hydrogen) atoms. The Hall–Kier alpha value is -3.42. The molecule has 1 aliphatic heterocycles. The molecule has 0 bridgehead atoms. The van der Waals surface area contributed by atoms with E-state index in [1.807, 2.05) is 30.3 Å². The van der Waals surface area contributed by atoms with Crippen LogP contribution in [0.4, 0.5) is 5.82 Å². The number of likely N-dealkylation sites (tertiary alicyclic amines) is 1. The number of benzene rings is 1. The highest BCUT2D eigenvalue weighted by atomic mass is 16.2. The number of amides is 1. The van der Waals surface area contributed by atoms with Crippen molar-refractivity contribution in [1.82, 2.24) is 24.5 Å².